The second-order valence-corrected chi connectivity index (χ2v) is 3.72. The highest BCUT2D eigenvalue weighted by molar-refractivity contribution is 5.10. The summed E-state index contributed by atoms with van der Waals surface area (Å²) in [5.41, 5.74) is 1.26. The molecule has 2 heteroatoms. The third-order valence-corrected chi connectivity index (χ3v) is 1.77. The largest absolute Gasteiger partial charge is 0.396 e. The predicted octanol–water partition coefficient (Wildman–Crippen LogP) is 1.58. The summed E-state index contributed by atoms with van der Waals surface area (Å²) in [6.45, 7) is 4.35. The average Bonchev–Trinajstić information content (AvgIpc) is 2.39. The standard InChI is InChI=1S/C9H15NO/c1-9(2,7-11)5-8-3-4-10-6-8/h3-4,6,10-11H,5,7H2,1-2H3. The van der Waals surface area contributed by atoms with Crippen molar-refractivity contribution in [2.75, 3.05) is 6.61 Å². The summed E-state index contributed by atoms with van der Waals surface area (Å²) in [6.07, 6.45) is 4.80. The van der Waals surface area contributed by atoms with Crippen LogP contribution in [0, 0.1) is 5.41 Å². The third-order valence-electron chi connectivity index (χ3n) is 1.77. The van der Waals surface area contributed by atoms with Crippen LogP contribution in [0.15, 0.2) is 18.5 Å². The van der Waals surface area contributed by atoms with Crippen molar-refractivity contribution in [2.45, 2.75) is 20.3 Å². The Balaban J connectivity index is 2.56. The van der Waals surface area contributed by atoms with Crippen LogP contribution in [0.4, 0.5) is 0 Å². The molecule has 0 bridgehead atoms. The Morgan fingerprint density at radius 3 is 2.73 bits per heavy atom. The van der Waals surface area contributed by atoms with Crippen molar-refractivity contribution < 1.29 is 5.11 Å². The fourth-order valence-electron chi connectivity index (χ4n) is 1.08. The lowest BCUT2D eigenvalue weighted by atomic mass is 9.88. The summed E-state index contributed by atoms with van der Waals surface area (Å²) < 4.78 is 0. The molecular formula is C9H15NO. The van der Waals surface area contributed by atoms with Gasteiger partial charge in [-0.15, -0.1) is 0 Å². The van der Waals surface area contributed by atoms with E-state index >= 15 is 0 Å². The predicted molar refractivity (Wildman–Crippen MR) is 45.4 cm³/mol. The molecule has 0 radical (unpaired) electrons. The summed E-state index contributed by atoms with van der Waals surface area (Å²) >= 11 is 0. The van der Waals surface area contributed by atoms with Crippen molar-refractivity contribution in [3.63, 3.8) is 0 Å². The molecule has 0 spiro atoms. The minimum atomic E-state index is 0.00218. The first-order valence-corrected chi connectivity index (χ1v) is 3.86. The third kappa shape index (κ3) is 2.39. The first-order chi connectivity index (χ1) is 5.14. The number of aliphatic hydroxyl groups excluding tert-OH is 1. The van der Waals surface area contributed by atoms with Crippen LogP contribution < -0.4 is 0 Å². The van der Waals surface area contributed by atoms with Gasteiger partial charge in [0.1, 0.15) is 0 Å². The van der Waals surface area contributed by atoms with E-state index in [0.29, 0.717) is 0 Å². The fourth-order valence-corrected chi connectivity index (χ4v) is 1.08. The number of rotatable bonds is 3. The molecule has 0 unspecified atom stereocenters. The summed E-state index contributed by atoms with van der Waals surface area (Å²) in [7, 11) is 0. The molecule has 2 nitrogen and oxygen atoms in total. The molecular weight excluding hydrogens is 138 g/mol. The quantitative estimate of drug-likeness (QED) is 0.679. The highest BCUT2D eigenvalue weighted by Crippen LogP contribution is 2.19. The number of aromatic nitrogens is 1. The van der Waals surface area contributed by atoms with Crippen LogP contribution in [-0.2, 0) is 6.42 Å². The first-order valence-electron chi connectivity index (χ1n) is 3.86. The van der Waals surface area contributed by atoms with E-state index in [4.69, 9.17) is 5.11 Å². The topological polar surface area (TPSA) is 36.0 Å². The maximum absolute atomic E-state index is 8.98. The molecule has 0 aliphatic rings. The van der Waals surface area contributed by atoms with Gasteiger partial charge in [0, 0.05) is 19.0 Å². The number of nitrogens with one attached hydrogen (secondary N) is 1. The molecule has 2 N–H and O–H groups in total. The Morgan fingerprint density at radius 2 is 2.27 bits per heavy atom. The van der Waals surface area contributed by atoms with Crippen molar-refractivity contribution in [1.82, 2.24) is 4.98 Å². The molecule has 11 heavy (non-hydrogen) atoms. The molecule has 62 valence electrons. The van der Waals surface area contributed by atoms with Crippen LogP contribution in [-0.4, -0.2) is 16.7 Å². The molecule has 1 aromatic rings. The summed E-state index contributed by atoms with van der Waals surface area (Å²) in [5.74, 6) is 0. The lowest BCUT2D eigenvalue weighted by molar-refractivity contribution is 0.159. The van der Waals surface area contributed by atoms with Crippen molar-refractivity contribution in [2.24, 2.45) is 5.41 Å². The van der Waals surface area contributed by atoms with Crippen molar-refractivity contribution >= 4 is 0 Å². The van der Waals surface area contributed by atoms with Gasteiger partial charge in [0.2, 0.25) is 0 Å². The lowest BCUT2D eigenvalue weighted by Crippen LogP contribution is -2.19. The van der Waals surface area contributed by atoms with Crippen molar-refractivity contribution in [3.05, 3.63) is 24.0 Å². The van der Waals surface area contributed by atoms with E-state index in [1.807, 2.05) is 18.5 Å². The minimum absolute atomic E-state index is 0.00218. The Bertz CT molecular complexity index is 201. The van der Waals surface area contributed by atoms with Gasteiger partial charge in [0.25, 0.3) is 0 Å². The zero-order valence-corrected chi connectivity index (χ0v) is 7.09. The van der Waals surface area contributed by atoms with E-state index < -0.39 is 0 Å². The number of hydrogen-bond acceptors (Lipinski definition) is 1. The van der Waals surface area contributed by atoms with Crippen LogP contribution in [0.2, 0.25) is 0 Å². The Kier molecular flexibility index (Phi) is 2.35. The van der Waals surface area contributed by atoms with E-state index in [2.05, 4.69) is 18.8 Å². The Hall–Kier alpha value is -0.760. The van der Waals surface area contributed by atoms with Gasteiger partial charge < -0.3 is 10.1 Å². The highest BCUT2D eigenvalue weighted by Gasteiger charge is 2.16. The average molecular weight is 153 g/mol. The lowest BCUT2D eigenvalue weighted by Gasteiger charge is -2.20. The first kappa shape index (κ1) is 8.34. The second kappa shape index (κ2) is 3.09. The Labute approximate surface area is 67.3 Å². The van der Waals surface area contributed by atoms with E-state index in [1.54, 1.807) is 0 Å². The second-order valence-electron chi connectivity index (χ2n) is 3.72. The van der Waals surface area contributed by atoms with E-state index in [0.717, 1.165) is 6.42 Å². The number of hydrogen-bond donors (Lipinski definition) is 2. The monoisotopic (exact) mass is 153 g/mol. The van der Waals surface area contributed by atoms with Crippen LogP contribution >= 0.6 is 0 Å². The van der Waals surface area contributed by atoms with Crippen LogP contribution in [0.5, 0.6) is 0 Å². The number of aliphatic hydroxyl groups is 1. The van der Waals surface area contributed by atoms with Crippen molar-refractivity contribution in [1.29, 1.82) is 0 Å². The normalized spacial score (nSPS) is 11.9. The van der Waals surface area contributed by atoms with Gasteiger partial charge in [0.05, 0.1) is 0 Å². The van der Waals surface area contributed by atoms with E-state index in [-0.39, 0.29) is 12.0 Å². The molecule has 1 rings (SSSR count). The molecule has 0 aliphatic heterocycles. The SMILES string of the molecule is CC(C)(CO)Cc1cc[nH]c1. The molecule has 0 aromatic carbocycles. The molecule has 0 amide bonds. The molecule has 0 saturated carbocycles. The van der Waals surface area contributed by atoms with Gasteiger partial charge in [-0.1, -0.05) is 13.8 Å². The zero-order valence-electron chi connectivity index (χ0n) is 7.09. The number of aromatic amines is 1. The van der Waals surface area contributed by atoms with Crippen LogP contribution in [0.3, 0.4) is 0 Å². The maximum Gasteiger partial charge on any atom is 0.0485 e. The van der Waals surface area contributed by atoms with E-state index in [1.165, 1.54) is 5.56 Å². The van der Waals surface area contributed by atoms with Gasteiger partial charge in [-0.05, 0) is 23.5 Å². The molecule has 0 aliphatic carbocycles. The number of H-pyrrole nitrogens is 1. The molecule has 0 saturated heterocycles. The van der Waals surface area contributed by atoms with Gasteiger partial charge >= 0.3 is 0 Å². The van der Waals surface area contributed by atoms with E-state index in [9.17, 15) is 0 Å². The van der Waals surface area contributed by atoms with Crippen LogP contribution in [0.25, 0.3) is 0 Å². The van der Waals surface area contributed by atoms with Crippen molar-refractivity contribution in [3.8, 4) is 0 Å². The molecule has 1 heterocycles. The van der Waals surface area contributed by atoms with Crippen LogP contribution in [0.1, 0.15) is 19.4 Å². The van der Waals surface area contributed by atoms with Gasteiger partial charge in [-0.2, -0.15) is 0 Å². The maximum atomic E-state index is 8.98. The smallest absolute Gasteiger partial charge is 0.0485 e. The van der Waals surface area contributed by atoms with Gasteiger partial charge in [0.15, 0.2) is 0 Å². The van der Waals surface area contributed by atoms with Gasteiger partial charge in [-0.25, -0.2) is 0 Å². The van der Waals surface area contributed by atoms with Gasteiger partial charge in [-0.3, -0.25) is 0 Å². The fraction of sp³-hybridized carbons (Fsp3) is 0.556. The summed E-state index contributed by atoms with van der Waals surface area (Å²) in [5, 5.41) is 8.98. The highest BCUT2D eigenvalue weighted by atomic mass is 16.3. The molecule has 0 fully saturated rings. The molecule has 1 aromatic heterocycles. The zero-order chi connectivity index (χ0) is 8.32. The minimum Gasteiger partial charge on any atom is -0.396 e. The summed E-state index contributed by atoms with van der Waals surface area (Å²) in [6, 6.07) is 2.04. The Morgan fingerprint density at radius 1 is 1.55 bits per heavy atom. The summed E-state index contributed by atoms with van der Waals surface area (Å²) in [4.78, 5) is 2.99. The molecule has 0 atom stereocenters.